The van der Waals surface area contributed by atoms with Crippen LogP contribution in [0.1, 0.15) is 20.8 Å². The van der Waals surface area contributed by atoms with Crippen molar-refractivity contribution in [1.29, 1.82) is 0 Å². The molecule has 0 unspecified atom stereocenters. The SMILES string of the molecule is CCN=C(NCC)Nc1ccc(OCC)c(OC)c1. The quantitative estimate of drug-likeness (QED) is 0.613. The van der Waals surface area contributed by atoms with Crippen LogP contribution in [0.15, 0.2) is 23.2 Å². The van der Waals surface area contributed by atoms with Crippen molar-refractivity contribution >= 4 is 11.6 Å². The summed E-state index contributed by atoms with van der Waals surface area (Å²) >= 11 is 0. The van der Waals surface area contributed by atoms with Crippen LogP contribution >= 0.6 is 0 Å². The highest BCUT2D eigenvalue weighted by Gasteiger charge is 2.06. The third kappa shape index (κ3) is 4.69. The first-order valence-electron chi connectivity index (χ1n) is 6.61. The third-order valence-corrected chi connectivity index (χ3v) is 2.39. The number of hydrogen-bond donors (Lipinski definition) is 2. The van der Waals surface area contributed by atoms with Crippen LogP contribution in [0.2, 0.25) is 0 Å². The van der Waals surface area contributed by atoms with E-state index in [9.17, 15) is 0 Å². The minimum Gasteiger partial charge on any atom is -0.493 e. The Balaban J connectivity index is 2.86. The molecule has 0 aliphatic carbocycles. The summed E-state index contributed by atoms with van der Waals surface area (Å²) in [6.07, 6.45) is 0. The van der Waals surface area contributed by atoms with E-state index >= 15 is 0 Å². The molecule has 1 aromatic carbocycles. The van der Waals surface area contributed by atoms with Gasteiger partial charge in [0.05, 0.1) is 13.7 Å². The molecule has 0 spiro atoms. The van der Waals surface area contributed by atoms with Crippen molar-refractivity contribution < 1.29 is 9.47 Å². The normalized spacial score (nSPS) is 11.1. The molecule has 106 valence electrons. The highest BCUT2D eigenvalue weighted by molar-refractivity contribution is 5.93. The Kier molecular flexibility index (Phi) is 6.57. The second-order valence-corrected chi connectivity index (χ2v) is 3.78. The van der Waals surface area contributed by atoms with Crippen LogP contribution in [0, 0.1) is 0 Å². The van der Waals surface area contributed by atoms with E-state index in [4.69, 9.17) is 9.47 Å². The Morgan fingerprint density at radius 2 is 2.00 bits per heavy atom. The molecule has 0 radical (unpaired) electrons. The standard InChI is InChI=1S/C14H23N3O2/c1-5-15-14(16-6-2)17-11-8-9-12(19-7-3)13(10-11)18-4/h8-10H,5-7H2,1-4H3,(H2,15,16,17). The molecule has 0 fully saturated rings. The van der Waals surface area contributed by atoms with Crippen LogP contribution in [0.3, 0.4) is 0 Å². The van der Waals surface area contributed by atoms with Gasteiger partial charge in [0.1, 0.15) is 0 Å². The zero-order valence-electron chi connectivity index (χ0n) is 12.1. The second kappa shape index (κ2) is 8.24. The first-order chi connectivity index (χ1) is 9.24. The first kappa shape index (κ1) is 15.1. The largest absolute Gasteiger partial charge is 0.493 e. The zero-order chi connectivity index (χ0) is 14.1. The monoisotopic (exact) mass is 265 g/mol. The summed E-state index contributed by atoms with van der Waals surface area (Å²) in [4.78, 5) is 4.35. The summed E-state index contributed by atoms with van der Waals surface area (Å²) in [5.41, 5.74) is 0.911. The Morgan fingerprint density at radius 3 is 2.58 bits per heavy atom. The maximum Gasteiger partial charge on any atom is 0.195 e. The Bertz CT molecular complexity index is 419. The van der Waals surface area contributed by atoms with E-state index in [2.05, 4.69) is 15.6 Å². The number of ether oxygens (including phenoxy) is 2. The van der Waals surface area contributed by atoms with Gasteiger partial charge in [0.2, 0.25) is 0 Å². The van der Waals surface area contributed by atoms with Gasteiger partial charge in [-0.1, -0.05) is 0 Å². The van der Waals surface area contributed by atoms with Crippen molar-refractivity contribution in [3.05, 3.63) is 18.2 Å². The number of benzene rings is 1. The van der Waals surface area contributed by atoms with Gasteiger partial charge in [-0.25, -0.2) is 0 Å². The molecule has 0 amide bonds. The van der Waals surface area contributed by atoms with Crippen LogP contribution in [0.25, 0.3) is 0 Å². The lowest BCUT2D eigenvalue weighted by molar-refractivity contribution is 0.311. The third-order valence-electron chi connectivity index (χ3n) is 2.39. The second-order valence-electron chi connectivity index (χ2n) is 3.78. The lowest BCUT2D eigenvalue weighted by atomic mass is 10.2. The van der Waals surface area contributed by atoms with E-state index in [0.29, 0.717) is 12.4 Å². The van der Waals surface area contributed by atoms with Crippen LogP contribution < -0.4 is 20.1 Å². The number of hydrogen-bond acceptors (Lipinski definition) is 3. The van der Waals surface area contributed by atoms with Gasteiger partial charge in [0.15, 0.2) is 17.5 Å². The van der Waals surface area contributed by atoms with Crippen LogP contribution in [-0.2, 0) is 0 Å². The van der Waals surface area contributed by atoms with Crippen LogP contribution in [0.5, 0.6) is 11.5 Å². The van der Waals surface area contributed by atoms with Crippen LogP contribution in [0.4, 0.5) is 5.69 Å². The molecule has 0 atom stereocenters. The Labute approximate surface area is 115 Å². The minimum atomic E-state index is 0.614. The summed E-state index contributed by atoms with van der Waals surface area (Å²) < 4.78 is 10.8. The van der Waals surface area contributed by atoms with Gasteiger partial charge in [-0.2, -0.15) is 0 Å². The van der Waals surface area contributed by atoms with Crippen molar-refractivity contribution in [3.63, 3.8) is 0 Å². The molecule has 0 saturated carbocycles. The number of anilines is 1. The number of rotatable bonds is 6. The molecule has 2 N–H and O–H groups in total. The first-order valence-corrected chi connectivity index (χ1v) is 6.61. The van der Waals surface area contributed by atoms with E-state index in [1.165, 1.54) is 0 Å². The molecular formula is C14H23N3O2. The van der Waals surface area contributed by atoms with Gasteiger partial charge in [-0.05, 0) is 32.9 Å². The number of guanidine groups is 1. The predicted molar refractivity (Wildman–Crippen MR) is 79.4 cm³/mol. The van der Waals surface area contributed by atoms with Crippen molar-refractivity contribution in [2.24, 2.45) is 4.99 Å². The fraction of sp³-hybridized carbons (Fsp3) is 0.500. The number of aliphatic imine (C=N–C) groups is 1. The lowest BCUT2D eigenvalue weighted by Crippen LogP contribution is -2.30. The van der Waals surface area contributed by atoms with Gasteiger partial charge in [-0.15, -0.1) is 0 Å². The molecule has 1 aromatic rings. The van der Waals surface area contributed by atoms with Crippen molar-refractivity contribution in [3.8, 4) is 11.5 Å². The molecule has 1 rings (SSSR count). The maximum atomic E-state index is 5.48. The van der Waals surface area contributed by atoms with Gasteiger partial charge < -0.3 is 20.1 Å². The summed E-state index contributed by atoms with van der Waals surface area (Å²) in [6, 6.07) is 5.73. The molecule has 0 heterocycles. The molecule has 0 aliphatic rings. The molecule has 0 bridgehead atoms. The lowest BCUT2D eigenvalue weighted by Gasteiger charge is -2.14. The topological polar surface area (TPSA) is 54.9 Å². The summed E-state index contributed by atoms with van der Waals surface area (Å²) in [5.74, 6) is 2.21. The summed E-state index contributed by atoms with van der Waals surface area (Å²) in [7, 11) is 1.63. The zero-order valence-corrected chi connectivity index (χ0v) is 12.1. The van der Waals surface area contributed by atoms with Crippen LogP contribution in [-0.4, -0.2) is 32.8 Å². The molecule has 0 aromatic heterocycles. The van der Waals surface area contributed by atoms with E-state index in [1.54, 1.807) is 7.11 Å². The molecule has 0 aliphatic heterocycles. The number of nitrogens with zero attached hydrogens (tertiary/aromatic N) is 1. The van der Waals surface area contributed by atoms with E-state index in [1.807, 2.05) is 39.0 Å². The highest BCUT2D eigenvalue weighted by Crippen LogP contribution is 2.30. The fourth-order valence-electron chi connectivity index (χ4n) is 1.62. The van der Waals surface area contributed by atoms with Crippen molar-refractivity contribution in [2.75, 3.05) is 32.1 Å². The Hall–Kier alpha value is -1.91. The number of nitrogens with one attached hydrogen (secondary N) is 2. The van der Waals surface area contributed by atoms with Gasteiger partial charge in [-0.3, -0.25) is 4.99 Å². The molecule has 5 nitrogen and oxygen atoms in total. The van der Waals surface area contributed by atoms with Gasteiger partial charge in [0, 0.05) is 24.8 Å². The van der Waals surface area contributed by atoms with Crippen molar-refractivity contribution in [1.82, 2.24) is 5.32 Å². The van der Waals surface area contributed by atoms with E-state index in [0.717, 1.165) is 30.5 Å². The smallest absolute Gasteiger partial charge is 0.195 e. The molecular weight excluding hydrogens is 242 g/mol. The molecule has 0 saturated heterocycles. The minimum absolute atomic E-state index is 0.614. The highest BCUT2D eigenvalue weighted by atomic mass is 16.5. The van der Waals surface area contributed by atoms with Gasteiger partial charge >= 0.3 is 0 Å². The van der Waals surface area contributed by atoms with E-state index in [-0.39, 0.29) is 0 Å². The molecule has 19 heavy (non-hydrogen) atoms. The Morgan fingerprint density at radius 1 is 1.21 bits per heavy atom. The fourth-order valence-corrected chi connectivity index (χ4v) is 1.62. The average molecular weight is 265 g/mol. The van der Waals surface area contributed by atoms with Gasteiger partial charge in [0.25, 0.3) is 0 Å². The number of methoxy groups -OCH3 is 1. The summed E-state index contributed by atoms with van der Waals surface area (Å²) in [5, 5.41) is 6.40. The maximum absolute atomic E-state index is 5.48. The van der Waals surface area contributed by atoms with Crippen molar-refractivity contribution in [2.45, 2.75) is 20.8 Å². The predicted octanol–water partition coefficient (Wildman–Crippen LogP) is 2.49. The average Bonchev–Trinajstić information content (AvgIpc) is 2.41. The molecule has 5 heteroatoms. The summed E-state index contributed by atoms with van der Waals surface area (Å²) in [6.45, 7) is 8.14. The van der Waals surface area contributed by atoms with E-state index < -0.39 is 0 Å².